The molecule has 2 aliphatic rings. The van der Waals surface area contributed by atoms with Gasteiger partial charge in [-0.25, -0.2) is 19.8 Å². The molecular weight excluding hydrogens is 401 g/mol. The largest absolute Gasteiger partial charge is 0.395 e. The molecule has 4 heterocycles. The van der Waals surface area contributed by atoms with Crippen LogP contribution in [0.5, 0.6) is 0 Å². The third-order valence-electron chi connectivity index (χ3n) is 5.43. The maximum absolute atomic E-state index is 13.2. The second-order valence-corrected chi connectivity index (χ2v) is 7.90. The summed E-state index contributed by atoms with van der Waals surface area (Å²) in [4.78, 5) is 13.6. The first-order valence-corrected chi connectivity index (χ1v) is 10.4. The van der Waals surface area contributed by atoms with E-state index in [0.717, 1.165) is 30.9 Å². The van der Waals surface area contributed by atoms with Gasteiger partial charge in [0, 0.05) is 23.7 Å². The summed E-state index contributed by atoms with van der Waals surface area (Å²) in [6.07, 6.45) is 4.11. The van der Waals surface area contributed by atoms with Gasteiger partial charge in [-0.05, 0) is 45.4 Å². The normalized spacial score (nSPS) is 24.7. The third-order valence-corrected chi connectivity index (χ3v) is 5.43. The number of nitrogens with one attached hydrogen (secondary N) is 4. The molecular formula is C20H28FN9O. The van der Waals surface area contributed by atoms with Crippen molar-refractivity contribution in [2.24, 2.45) is 15.9 Å². The maximum Gasteiger partial charge on any atom is 0.214 e. The molecule has 0 spiro atoms. The predicted molar refractivity (Wildman–Crippen MR) is 116 cm³/mol. The number of H-pyrrole nitrogens is 1. The van der Waals surface area contributed by atoms with E-state index in [-0.39, 0.29) is 30.4 Å². The highest BCUT2D eigenvalue weighted by Crippen LogP contribution is 2.22. The first-order valence-electron chi connectivity index (χ1n) is 10.4. The number of hydrazine groups is 1. The van der Waals surface area contributed by atoms with Crippen LogP contribution in [0, 0.1) is 18.7 Å². The minimum atomic E-state index is -0.486. The molecule has 0 aromatic carbocycles. The van der Waals surface area contributed by atoms with Crippen molar-refractivity contribution >= 4 is 18.0 Å². The van der Waals surface area contributed by atoms with Crippen molar-refractivity contribution in [2.45, 2.75) is 45.1 Å². The molecule has 2 aromatic heterocycles. The molecule has 11 heteroatoms. The van der Waals surface area contributed by atoms with Crippen molar-refractivity contribution in [3.05, 3.63) is 41.6 Å². The highest BCUT2D eigenvalue weighted by Gasteiger charge is 2.29. The third kappa shape index (κ3) is 5.24. The van der Waals surface area contributed by atoms with Crippen molar-refractivity contribution in [1.82, 2.24) is 30.9 Å². The SMILES string of the molecule is Cc1cc(NC2N=C(C3CCNC(CO)C3)N=CN2NC(C)c2ccc(F)cn2)n[nH]1. The van der Waals surface area contributed by atoms with Gasteiger partial charge in [-0.1, -0.05) is 0 Å². The Morgan fingerprint density at radius 1 is 1.39 bits per heavy atom. The summed E-state index contributed by atoms with van der Waals surface area (Å²) in [6.45, 7) is 4.77. The van der Waals surface area contributed by atoms with Crippen molar-refractivity contribution in [3.63, 3.8) is 0 Å². The van der Waals surface area contributed by atoms with Gasteiger partial charge in [0.25, 0.3) is 0 Å². The number of hydrogen-bond donors (Lipinski definition) is 5. The van der Waals surface area contributed by atoms with E-state index in [2.05, 4.69) is 36.2 Å². The standard InChI is InChI=1S/C20H28FN9O/c1-12-7-18(28-27-12)25-20-26-19(14-5-6-22-16(8-14)10-31)24-11-30(20)29-13(2)17-4-3-15(21)9-23-17/h3-4,7,9,11,13-14,16,20,22,29,31H,5-6,8,10H2,1-2H3,(H2,25,27,28). The van der Waals surface area contributed by atoms with Gasteiger partial charge < -0.3 is 15.7 Å². The zero-order valence-corrected chi connectivity index (χ0v) is 17.6. The average Bonchev–Trinajstić information content (AvgIpc) is 3.20. The lowest BCUT2D eigenvalue weighted by molar-refractivity contribution is 0.204. The van der Waals surface area contributed by atoms with Crippen LogP contribution in [-0.4, -0.2) is 63.0 Å². The first kappa shape index (κ1) is 21.3. The lowest BCUT2D eigenvalue weighted by Crippen LogP contribution is -2.52. The van der Waals surface area contributed by atoms with E-state index in [9.17, 15) is 9.50 Å². The molecule has 0 saturated carbocycles. The molecule has 31 heavy (non-hydrogen) atoms. The van der Waals surface area contributed by atoms with Gasteiger partial charge in [-0.15, -0.1) is 0 Å². The van der Waals surface area contributed by atoms with Crippen molar-refractivity contribution < 1.29 is 9.50 Å². The van der Waals surface area contributed by atoms with Crippen molar-refractivity contribution in [2.75, 3.05) is 18.5 Å². The number of nitrogens with zero attached hydrogens (tertiary/aromatic N) is 5. The Morgan fingerprint density at radius 3 is 2.97 bits per heavy atom. The van der Waals surface area contributed by atoms with Gasteiger partial charge in [0.1, 0.15) is 18.0 Å². The van der Waals surface area contributed by atoms with Gasteiger partial charge in [-0.2, -0.15) is 5.10 Å². The molecule has 0 radical (unpaired) electrons. The Morgan fingerprint density at radius 2 is 2.26 bits per heavy atom. The van der Waals surface area contributed by atoms with Crippen molar-refractivity contribution in [3.8, 4) is 0 Å². The van der Waals surface area contributed by atoms with E-state index in [1.54, 1.807) is 17.4 Å². The molecule has 4 atom stereocenters. The molecule has 1 fully saturated rings. The van der Waals surface area contributed by atoms with Gasteiger partial charge in [0.15, 0.2) is 5.82 Å². The number of aromatic amines is 1. The summed E-state index contributed by atoms with van der Waals surface area (Å²) < 4.78 is 13.2. The molecule has 10 nitrogen and oxygen atoms in total. The van der Waals surface area contributed by atoms with E-state index in [0.29, 0.717) is 11.5 Å². The summed E-state index contributed by atoms with van der Waals surface area (Å²) in [7, 11) is 0. The number of aliphatic hydroxyl groups is 1. The number of hydrogen-bond acceptors (Lipinski definition) is 9. The van der Waals surface area contributed by atoms with Gasteiger partial charge in [0.2, 0.25) is 6.29 Å². The van der Waals surface area contributed by atoms with Crippen LogP contribution >= 0.6 is 0 Å². The van der Waals surface area contributed by atoms with Gasteiger partial charge in [-0.3, -0.25) is 15.1 Å². The van der Waals surface area contributed by atoms with Crippen LogP contribution in [0.15, 0.2) is 34.4 Å². The number of halogens is 1. The number of rotatable bonds is 7. The van der Waals surface area contributed by atoms with Crippen LogP contribution in [0.2, 0.25) is 0 Å². The highest BCUT2D eigenvalue weighted by molar-refractivity contribution is 5.92. The van der Waals surface area contributed by atoms with Crippen LogP contribution in [-0.2, 0) is 0 Å². The van der Waals surface area contributed by atoms with Crippen LogP contribution in [0.1, 0.15) is 37.2 Å². The quantitative estimate of drug-likeness (QED) is 0.449. The Hall–Kier alpha value is -2.89. The van der Waals surface area contributed by atoms with Crippen LogP contribution < -0.4 is 16.1 Å². The zero-order valence-electron chi connectivity index (χ0n) is 17.6. The summed E-state index contributed by atoms with van der Waals surface area (Å²) in [5, 5.41) is 25.1. The number of aliphatic imine (C=N–C) groups is 2. The molecule has 0 bridgehead atoms. The first-order chi connectivity index (χ1) is 15.0. The molecule has 4 unspecified atom stereocenters. The number of aryl methyl sites for hydroxylation is 1. The van der Waals surface area contributed by atoms with Crippen molar-refractivity contribution in [1.29, 1.82) is 0 Å². The van der Waals surface area contributed by atoms with E-state index in [1.807, 2.05) is 19.9 Å². The minimum Gasteiger partial charge on any atom is -0.395 e. The van der Waals surface area contributed by atoms with E-state index >= 15 is 0 Å². The van der Waals surface area contributed by atoms with Gasteiger partial charge in [0.05, 0.1) is 24.5 Å². The average molecular weight is 430 g/mol. The fourth-order valence-corrected chi connectivity index (χ4v) is 3.76. The summed E-state index contributed by atoms with van der Waals surface area (Å²) in [5.74, 6) is 1.20. The molecule has 5 N–H and O–H groups in total. The number of aliphatic hydroxyl groups excluding tert-OH is 1. The maximum atomic E-state index is 13.2. The van der Waals surface area contributed by atoms with Gasteiger partial charge >= 0.3 is 0 Å². The summed E-state index contributed by atoms with van der Waals surface area (Å²) >= 11 is 0. The number of aromatic nitrogens is 3. The van der Waals surface area contributed by atoms with E-state index in [1.165, 1.54) is 12.3 Å². The Bertz CT molecular complexity index is 929. The zero-order chi connectivity index (χ0) is 21.8. The van der Waals surface area contributed by atoms with E-state index in [4.69, 9.17) is 4.99 Å². The molecule has 1 saturated heterocycles. The number of anilines is 1. The summed E-state index contributed by atoms with van der Waals surface area (Å²) in [5.41, 5.74) is 4.95. The molecule has 2 aromatic rings. The fraction of sp³-hybridized carbons (Fsp3) is 0.500. The molecule has 0 aliphatic carbocycles. The number of piperidine rings is 1. The second-order valence-electron chi connectivity index (χ2n) is 7.90. The number of amidine groups is 1. The number of pyridine rings is 1. The lowest BCUT2D eigenvalue weighted by atomic mass is 9.91. The fourth-order valence-electron chi connectivity index (χ4n) is 3.76. The molecule has 0 amide bonds. The van der Waals surface area contributed by atoms with Crippen LogP contribution in [0.3, 0.4) is 0 Å². The lowest BCUT2D eigenvalue weighted by Gasteiger charge is -2.35. The Labute approximate surface area is 180 Å². The Kier molecular flexibility index (Phi) is 6.54. The Balaban J connectivity index is 1.52. The topological polar surface area (TPSA) is 126 Å². The predicted octanol–water partition coefficient (Wildman–Crippen LogP) is 1.32. The van der Waals surface area contributed by atoms with Crippen LogP contribution in [0.4, 0.5) is 10.2 Å². The van der Waals surface area contributed by atoms with Crippen LogP contribution in [0.25, 0.3) is 0 Å². The summed E-state index contributed by atoms with van der Waals surface area (Å²) in [6, 6.07) is 4.78. The molecule has 166 valence electrons. The second kappa shape index (κ2) is 9.50. The molecule has 2 aliphatic heterocycles. The monoisotopic (exact) mass is 429 g/mol. The molecule has 4 rings (SSSR count). The van der Waals surface area contributed by atoms with E-state index < -0.39 is 6.29 Å². The smallest absolute Gasteiger partial charge is 0.214 e. The minimum absolute atomic E-state index is 0.0535. The highest BCUT2D eigenvalue weighted by atomic mass is 19.1.